The first-order valence-electron chi connectivity index (χ1n) is 8.43. The van der Waals surface area contributed by atoms with Crippen LogP contribution < -0.4 is 0 Å². The van der Waals surface area contributed by atoms with Gasteiger partial charge >= 0.3 is 0 Å². The third-order valence-corrected chi connectivity index (χ3v) is 4.95. The molecule has 0 spiro atoms. The normalized spacial score (nSPS) is 18.8. The number of nitrogens with zero attached hydrogens (tertiary/aromatic N) is 3. The van der Waals surface area contributed by atoms with Crippen LogP contribution in [0.15, 0.2) is 48.5 Å². The highest BCUT2D eigenvalue weighted by atomic mass is 15.2. The van der Waals surface area contributed by atoms with E-state index in [1.54, 1.807) is 0 Å². The lowest BCUT2D eigenvalue weighted by molar-refractivity contribution is 0.237. The Morgan fingerprint density at radius 2 is 2.00 bits per heavy atom. The summed E-state index contributed by atoms with van der Waals surface area (Å²) in [5, 5.41) is 0. The molecule has 1 atom stereocenters. The number of para-hydroxylation sites is 2. The molecule has 0 amide bonds. The molecule has 1 fully saturated rings. The summed E-state index contributed by atoms with van der Waals surface area (Å²) in [6.07, 6.45) is 2.45. The lowest BCUT2D eigenvalue weighted by atomic mass is 10.1. The monoisotopic (exact) mass is 305 g/mol. The molecule has 3 aromatic rings. The van der Waals surface area contributed by atoms with Crippen molar-refractivity contribution in [3.63, 3.8) is 0 Å². The molecule has 4 rings (SSSR count). The molecule has 118 valence electrons. The van der Waals surface area contributed by atoms with E-state index < -0.39 is 0 Å². The van der Waals surface area contributed by atoms with Crippen LogP contribution in [-0.4, -0.2) is 21.0 Å². The van der Waals surface area contributed by atoms with Gasteiger partial charge in [0.05, 0.1) is 17.1 Å². The second kappa shape index (κ2) is 5.82. The van der Waals surface area contributed by atoms with Gasteiger partial charge in [0, 0.05) is 13.6 Å². The topological polar surface area (TPSA) is 21.1 Å². The fourth-order valence-electron chi connectivity index (χ4n) is 3.81. The highest BCUT2D eigenvalue weighted by molar-refractivity contribution is 5.75. The van der Waals surface area contributed by atoms with E-state index in [-0.39, 0.29) is 0 Å². The number of fused-ring (bicyclic) bond motifs is 1. The quantitative estimate of drug-likeness (QED) is 0.722. The Bertz CT molecular complexity index is 834. The molecule has 3 nitrogen and oxygen atoms in total. The Morgan fingerprint density at radius 1 is 1.13 bits per heavy atom. The van der Waals surface area contributed by atoms with E-state index in [0.717, 1.165) is 18.6 Å². The molecule has 0 bridgehead atoms. The van der Waals surface area contributed by atoms with Gasteiger partial charge in [-0.3, -0.25) is 4.90 Å². The van der Waals surface area contributed by atoms with Crippen LogP contribution in [0.1, 0.15) is 35.8 Å². The van der Waals surface area contributed by atoms with E-state index in [1.807, 2.05) is 0 Å². The molecule has 2 heterocycles. The van der Waals surface area contributed by atoms with Crippen LogP contribution in [0.5, 0.6) is 0 Å². The summed E-state index contributed by atoms with van der Waals surface area (Å²) in [5.41, 5.74) is 5.06. The minimum absolute atomic E-state index is 0.424. The van der Waals surface area contributed by atoms with Crippen molar-refractivity contribution in [2.75, 3.05) is 6.54 Å². The van der Waals surface area contributed by atoms with Gasteiger partial charge in [-0.15, -0.1) is 0 Å². The molecule has 3 heteroatoms. The minimum atomic E-state index is 0.424. The van der Waals surface area contributed by atoms with Gasteiger partial charge in [-0.1, -0.05) is 42.0 Å². The Kier molecular flexibility index (Phi) is 3.66. The van der Waals surface area contributed by atoms with Crippen molar-refractivity contribution in [1.29, 1.82) is 0 Å². The van der Waals surface area contributed by atoms with Crippen LogP contribution in [0, 0.1) is 6.92 Å². The second-order valence-electron chi connectivity index (χ2n) is 6.64. The van der Waals surface area contributed by atoms with E-state index in [0.29, 0.717) is 6.04 Å². The highest BCUT2D eigenvalue weighted by Gasteiger charge is 2.29. The maximum atomic E-state index is 4.92. The zero-order valence-electron chi connectivity index (χ0n) is 13.9. The van der Waals surface area contributed by atoms with Crippen LogP contribution in [0.3, 0.4) is 0 Å². The summed E-state index contributed by atoms with van der Waals surface area (Å²) in [7, 11) is 2.15. The average molecular weight is 305 g/mol. The van der Waals surface area contributed by atoms with Gasteiger partial charge in [-0.2, -0.15) is 0 Å². The number of imidazole rings is 1. The molecule has 2 aromatic carbocycles. The molecule has 1 unspecified atom stereocenters. The number of hydrogen-bond acceptors (Lipinski definition) is 2. The molecule has 0 saturated carbocycles. The third kappa shape index (κ3) is 2.66. The fraction of sp³-hybridized carbons (Fsp3) is 0.350. The molecule has 0 N–H and O–H groups in total. The zero-order chi connectivity index (χ0) is 15.8. The SMILES string of the molecule is Cc1cccc(CN2CCCC2c2nc3ccccc3n2C)c1. The summed E-state index contributed by atoms with van der Waals surface area (Å²) in [5.74, 6) is 1.20. The first-order chi connectivity index (χ1) is 11.2. The van der Waals surface area contributed by atoms with Crippen molar-refractivity contribution in [1.82, 2.24) is 14.5 Å². The molecule has 0 aliphatic carbocycles. The smallest absolute Gasteiger partial charge is 0.127 e. The van der Waals surface area contributed by atoms with Gasteiger partial charge in [-0.05, 0) is 44.0 Å². The van der Waals surface area contributed by atoms with Gasteiger partial charge in [0.2, 0.25) is 0 Å². The Hall–Kier alpha value is -2.13. The standard InChI is InChI=1S/C20H23N3/c1-15-7-5-8-16(13-15)14-23-12-6-11-19(23)20-21-17-9-3-4-10-18(17)22(20)2/h3-5,7-10,13,19H,6,11-12,14H2,1-2H3. The van der Waals surface area contributed by atoms with Gasteiger partial charge in [-0.25, -0.2) is 4.98 Å². The summed E-state index contributed by atoms with van der Waals surface area (Å²) >= 11 is 0. The van der Waals surface area contributed by atoms with Crippen molar-refractivity contribution in [2.45, 2.75) is 32.4 Å². The van der Waals surface area contributed by atoms with Crippen molar-refractivity contribution < 1.29 is 0 Å². The average Bonchev–Trinajstić information content (AvgIpc) is 3.12. The number of hydrogen-bond donors (Lipinski definition) is 0. The molecule has 1 saturated heterocycles. The molecule has 0 radical (unpaired) electrons. The van der Waals surface area contributed by atoms with Crippen LogP contribution in [0.25, 0.3) is 11.0 Å². The van der Waals surface area contributed by atoms with Gasteiger partial charge in [0.15, 0.2) is 0 Å². The number of benzene rings is 2. The lowest BCUT2D eigenvalue weighted by Crippen LogP contribution is -2.24. The molecule has 1 aliphatic heterocycles. The Balaban J connectivity index is 1.65. The summed E-state index contributed by atoms with van der Waals surface area (Å²) in [6.45, 7) is 4.33. The van der Waals surface area contributed by atoms with Crippen molar-refractivity contribution in [3.8, 4) is 0 Å². The predicted octanol–water partition coefficient (Wildman–Crippen LogP) is 4.22. The zero-order valence-corrected chi connectivity index (χ0v) is 13.9. The van der Waals surface area contributed by atoms with Gasteiger partial charge in [0.1, 0.15) is 5.82 Å². The lowest BCUT2D eigenvalue weighted by Gasteiger charge is -2.24. The summed E-state index contributed by atoms with van der Waals surface area (Å²) < 4.78 is 2.27. The van der Waals surface area contributed by atoms with Crippen molar-refractivity contribution >= 4 is 11.0 Å². The summed E-state index contributed by atoms with van der Waals surface area (Å²) in [6, 6.07) is 17.7. The Morgan fingerprint density at radius 3 is 2.83 bits per heavy atom. The predicted molar refractivity (Wildman–Crippen MR) is 94.3 cm³/mol. The van der Waals surface area contributed by atoms with Crippen LogP contribution in [0.4, 0.5) is 0 Å². The molecular formula is C20H23N3. The largest absolute Gasteiger partial charge is 0.330 e. The number of aryl methyl sites for hydroxylation is 2. The first kappa shape index (κ1) is 14.5. The molecule has 23 heavy (non-hydrogen) atoms. The second-order valence-corrected chi connectivity index (χ2v) is 6.64. The van der Waals surface area contributed by atoms with Crippen LogP contribution in [-0.2, 0) is 13.6 Å². The molecular weight excluding hydrogens is 282 g/mol. The maximum Gasteiger partial charge on any atom is 0.127 e. The van der Waals surface area contributed by atoms with Crippen molar-refractivity contribution in [2.24, 2.45) is 7.05 Å². The number of rotatable bonds is 3. The number of aromatic nitrogens is 2. The number of likely N-dealkylation sites (tertiary alicyclic amines) is 1. The van der Waals surface area contributed by atoms with Gasteiger partial charge in [0.25, 0.3) is 0 Å². The molecule has 1 aliphatic rings. The minimum Gasteiger partial charge on any atom is -0.330 e. The molecule has 1 aromatic heterocycles. The van der Waals surface area contributed by atoms with Crippen molar-refractivity contribution in [3.05, 3.63) is 65.5 Å². The summed E-state index contributed by atoms with van der Waals surface area (Å²) in [4.78, 5) is 7.50. The van der Waals surface area contributed by atoms with E-state index in [4.69, 9.17) is 4.98 Å². The van der Waals surface area contributed by atoms with Gasteiger partial charge < -0.3 is 4.57 Å². The van der Waals surface area contributed by atoms with Crippen LogP contribution >= 0.6 is 0 Å². The fourth-order valence-corrected chi connectivity index (χ4v) is 3.81. The third-order valence-electron chi connectivity index (χ3n) is 4.95. The van der Waals surface area contributed by atoms with E-state index in [1.165, 1.54) is 35.3 Å². The van der Waals surface area contributed by atoms with E-state index >= 15 is 0 Å². The Labute approximate surface area is 137 Å². The highest BCUT2D eigenvalue weighted by Crippen LogP contribution is 2.34. The van der Waals surface area contributed by atoms with E-state index in [9.17, 15) is 0 Å². The van der Waals surface area contributed by atoms with E-state index in [2.05, 4.69) is 72.0 Å². The maximum absolute atomic E-state index is 4.92. The first-order valence-corrected chi connectivity index (χ1v) is 8.43. The van der Waals surface area contributed by atoms with Crippen LogP contribution in [0.2, 0.25) is 0 Å².